The monoisotopic (exact) mass is 328 g/mol. The number of aryl methyl sites for hydroxylation is 2. The van der Waals surface area contributed by atoms with Crippen molar-refractivity contribution >= 4 is 33.5 Å². The molecule has 1 heterocycles. The van der Waals surface area contributed by atoms with E-state index in [0.717, 1.165) is 15.6 Å². The molecule has 4 nitrogen and oxygen atoms in total. The average Bonchev–Trinajstić information content (AvgIpc) is 2.57. The van der Waals surface area contributed by atoms with Crippen LogP contribution < -0.4 is 0 Å². The maximum atomic E-state index is 11.1. The van der Waals surface area contributed by atoms with Crippen LogP contribution in [0.1, 0.15) is 16.1 Å². The van der Waals surface area contributed by atoms with Gasteiger partial charge in [-0.05, 0) is 24.6 Å². The number of carbonyl (C=O) groups is 1. The molecule has 0 saturated heterocycles. The molecule has 0 unspecified atom stereocenters. The molecule has 0 bridgehead atoms. The fourth-order valence-electron chi connectivity index (χ4n) is 1.75. The van der Waals surface area contributed by atoms with Crippen molar-refractivity contribution in [1.29, 1.82) is 0 Å². The molecule has 0 aliphatic carbocycles. The number of aromatic carboxylic acids is 1. The van der Waals surface area contributed by atoms with Crippen LogP contribution in [0.2, 0.25) is 5.02 Å². The van der Waals surface area contributed by atoms with Gasteiger partial charge in [0.1, 0.15) is 10.7 Å². The lowest BCUT2D eigenvalue weighted by atomic mass is 10.1. The molecule has 0 spiro atoms. The second-order valence-corrected chi connectivity index (χ2v) is 5.19. The van der Waals surface area contributed by atoms with Gasteiger partial charge in [-0.3, -0.25) is 4.68 Å². The minimum absolute atomic E-state index is 0.00829. The highest BCUT2D eigenvalue weighted by Crippen LogP contribution is 2.33. The van der Waals surface area contributed by atoms with Crippen molar-refractivity contribution in [3.63, 3.8) is 0 Å². The maximum Gasteiger partial charge on any atom is 0.355 e. The van der Waals surface area contributed by atoms with E-state index < -0.39 is 5.97 Å². The first-order valence-electron chi connectivity index (χ1n) is 5.14. The Morgan fingerprint density at radius 2 is 2.17 bits per heavy atom. The van der Waals surface area contributed by atoms with Gasteiger partial charge in [-0.2, -0.15) is 5.10 Å². The summed E-state index contributed by atoms with van der Waals surface area (Å²) in [6.07, 6.45) is 0. The van der Waals surface area contributed by atoms with E-state index in [1.807, 2.05) is 25.1 Å². The number of halogens is 2. The lowest BCUT2D eigenvalue weighted by Crippen LogP contribution is -2.05. The van der Waals surface area contributed by atoms with E-state index in [1.165, 1.54) is 4.68 Å². The Hall–Kier alpha value is -1.33. The van der Waals surface area contributed by atoms with Gasteiger partial charge >= 0.3 is 5.97 Å². The molecule has 0 fully saturated rings. The Kier molecular flexibility index (Phi) is 3.45. The molecular formula is C12H10BrClN2O2. The summed E-state index contributed by atoms with van der Waals surface area (Å²) in [4.78, 5) is 11.1. The fourth-order valence-corrected chi connectivity index (χ4v) is 2.46. The summed E-state index contributed by atoms with van der Waals surface area (Å²) in [6, 6.07) is 5.70. The number of hydrogen-bond donors (Lipinski definition) is 1. The summed E-state index contributed by atoms with van der Waals surface area (Å²) < 4.78 is 2.17. The molecule has 1 aromatic carbocycles. The van der Waals surface area contributed by atoms with Gasteiger partial charge in [-0.25, -0.2) is 4.79 Å². The molecule has 2 rings (SSSR count). The molecule has 0 aliphatic heterocycles. The maximum absolute atomic E-state index is 11.1. The highest BCUT2D eigenvalue weighted by molar-refractivity contribution is 9.10. The number of hydrogen-bond acceptors (Lipinski definition) is 2. The molecule has 6 heteroatoms. The number of carboxylic acids is 1. The SMILES string of the molecule is Cc1ccc(Br)cc1-c1nn(C)c(C(=O)O)c1Cl. The van der Waals surface area contributed by atoms with Crippen molar-refractivity contribution in [3.05, 3.63) is 39.0 Å². The van der Waals surface area contributed by atoms with Crippen LogP contribution in [-0.2, 0) is 7.05 Å². The zero-order valence-corrected chi connectivity index (χ0v) is 12.1. The zero-order chi connectivity index (χ0) is 13.4. The van der Waals surface area contributed by atoms with Crippen LogP contribution in [0.3, 0.4) is 0 Å². The number of nitrogens with zero attached hydrogens (tertiary/aromatic N) is 2. The summed E-state index contributed by atoms with van der Waals surface area (Å²) in [5.41, 5.74) is 2.27. The van der Waals surface area contributed by atoms with Gasteiger partial charge in [-0.1, -0.05) is 33.6 Å². The smallest absolute Gasteiger partial charge is 0.355 e. The summed E-state index contributed by atoms with van der Waals surface area (Å²) >= 11 is 9.48. The van der Waals surface area contributed by atoms with Crippen LogP contribution >= 0.6 is 27.5 Å². The van der Waals surface area contributed by atoms with E-state index in [0.29, 0.717) is 5.69 Å². The first kappa shape index (κ1) is 13.1. The number of benzene rings is 1. The van der Waals surface area contributed by atoms with Crippen molar-refractivity contribution < 1.29 is 9.90 Å². The Balaban J connectivity index is 2.69. The molecule has 1 aromatic heterocycles. The van der Waals surface area contributed by atoms with Gasteiger partial charge in [0, 0.05) is 17.1 Å². The topological polar surface area (TPSA) is 55.1 Å². The predicted octanol–water partition coefficient (Wildman–Crippen LogP) is 3.51. The zero-order valence-electron chi connectivity index (χ0n) is 9.74. The first-order valence-corrected chi connectivity index (χ1v) is 6.31. The normalized spacial score (nSPS) is 10.7. The van der Waals surface area contributed by atoms with E-state index in [1.54, 1.807) is 7.05 Å². The fraction of sp³-hybridized carbons (Fsp3) is 0.167. The Bertz CT molecular complexity index is 637. The second-order valence-electron chi connectivity index (χ2n) is 3.90. The molecule has 0 atom stereocenters. The van der Waals surface area contributed by atoms with Gasteiger partial charge in [0.2, 0.25) is 0 Å². The summed E-state index contributed by atoms with van der Waals surface area (Å²) in [5.74, 6) is -1.09. The lowest BCUT2D eigenvalue weighted by Gasteiger charge is -2.03. The van der Waals surface area contributed by atoms with Crippen LogP contribution in [-0.4, -0.2) is 20.9 Å². The highest BCUT2D eigenvalue weighted by atomic mass is 79.9. The Labute approximate surface area is 117 Å². The largest absolute Gasteiger partial charge is 0.476 e. The van der Waals surface area contributed by atoms with E-state index >= 15 is 0 Å². The molecule has 0 saturated carbocycles. The number of rotatable bonds is 2. The van der Waals surface area contributed by atoms with Crippen LogP contribution in [0.15, 0.2) is 22.7 Å². The quantitative estimate of drug-likeness (QED) is 0.917. The molecule has 18 heavy (non-hydrogen) atoms. The Morgan fingerprint density at radius 3 is 2.72 bits per heavy atom. The van der Waals surface area contributed by atoms with E-state index in [2.05, 4.69) is 21.0 Å². The van der Waals surface area contributed by atoms with Crippen molar-refractivity contribution in [1.82, 2.24) is 9.78 Å². The average molecular weight is 330 g/mol. The van der Waals surface area contributed by atoms with Crippen molar-refractivity contribution in [2.45, 2.75) is 6.92 Å². The molecule has 0 radical (unpaired) electrons. The molecule has 94 valence electrons. The standard InChI is InChI=1S/C12H10BrClN2O2/c1-6-3-4-7(13)5-8(6)10-9(14)11(12(17)18)16(2)15-10/h3-5H,1-2H3,(H,17,18). The minimum Gasteiger partial charge on any atom is -0.476 e. The third kappa shape index (κ3) is 2.15. The minimum atomic E-state index is -1.09. The molecule has 0 amide bonds. The van der Waals surface area contributed by atoms with E-state index in [9.17, 15) is 4.79 Å². The van der Waals surface area contributed by atoms with Crippen LogP contribution in [0.25, 0.3) is 11.3 Å². The highest BCUT2D eigenvalue weighted by Gasteiger charge is 2.21. The van der Waals surface area contributed by atoms with Crippen molar-refractivity contribution in [2.24, 2.45) is 7.05 Å². The molecule has 1 N–H and O–H groups in total. The molecule has 0 aliphatic rings. The summed E-state index contributed by atoms with van der Waals surface area (Å²) in [6.45, 7) is 1.92. The lowest BCUT2D eigenvalue weighted by molar-refractivity contribution is 0.0685. The second kappa shape index (κ2) is 4.74. The molecule has 2 aromatic rings. The van der Waals surface area contributed by atoms with Gasteiger partial charge < -0.3 is 5.11 Å². The summed E-state index contributed by atoms with van der Waals surface area (Å²) in [5, 5.41) is 13.4. The van der Waals surface area contributed by atoms with Crippen LogP contribution in [0, 0.1) is 6.92 Å². The summed E-state index contributed by atoms with van der Waals surface area (Å²) in [7, 11) is 1.56. The Morgan fingerprint density at radius 1 is 1.50 bits per heavy atom. The third-order valence-electron chi connectivity index (χ3n) is 2.65. The van der Waals surface area contributed by atoms with E-state index in [4.69, 9.17) is 16.7 Å². The molecular weight excluding hydrogens is 320 g/mol. The van der Waals surface area contributed by atoms with Gasteiger partial charge in [0.15, 0.2) is 5.69 Å². The first-order chi connectivity index (χ1) is 8.41. The van der Waals surface area contributed by atoms with Crippen molar-refractivity contribution in [3.8, 4) is 11.3 Å². The van der Waals surface area contributed by atoms with Crippen LogP contribution in [0.4, 0.5) is 0 Å². The number of carboxylic acid groups (broad SMARTS) is 1. The van der Waals surface area contributed by atoms with Gasteiger partial charge in [-0.15, -0.1) is 0 Å². The predicted molar refractivity (Wildman–Crippen MR) is 73.1 cm³/mol. The van der Waals surface area contributed by atoms with Crippen LogP contribution in [0.5, 0.6) is 0 Å². The van der Waals surface area contributed by atoms with E-state index in [-0.39, 0.29) is 10.7 Å². The van der Waals surface area contributed by atoms with Gasteiger partial charge in [0.05, 0.1) is 0 Å². The van der Waals surface area contributed by atoms with Gasteiger partial charge in [0.25, 0.3) is 0 Å². The third-order valence-corrected chi connectivity index (χ3v) is 3.50. The number of aromatic nitrogens is 2. The van der Waals surface area contributed by atoms with Crippen molar-refractivity contribution in [2.75, 3.05) is 0 Å².